The highest BCUT2D eigenvalue weighted by molar-refractivity contribution is 6.32. The Balaban J connectivity index is 1.82. The number of halogens is 1. The van der Waals surface area contributed by atoms with E-state index in [1.807, 2.05) is 25.1 Å². The zero-order valence-corrected chi connectivity index (χ0v) is 13.2. The molecule has 1 aliphatic rings. The molecule has 116 valence electrons. The van der Waals surface area contributed by atoms with Crippen LogP contribution in [0.15, 0.2) is 24.3 Å². The van der Waals surface area contributed by atoms with Gasteiger partial charge in [0.05, 0.1) is 11.6 Å². The minimum Gasteiger partial charge on any atom is -0.487 e. The largest absolute Gasteiger partial charge is 0.487 e. The van der Waals surface area contributed by atoms with E-state index >= 15 is 0 Å². The van der Waals surface area contributed by atoms with Gasteiger partial charge in [-0.2, -0.15) is 0 Å². The van der Waals surface area contributed by atoms with Crippen LogP contribution < -0.4 is 15.4 Å². The fourth-order valence-corrected chi connectivity index (χ4v) is 2.61. The quantitative estimate of drug-likeness (QED) is 0.849. The molecule has 0 radical (unpaired) electrons. The summed E-state index contributed by atoms with van der Waals surface area (Å²) < 4.78 is 5.87. The van der Waals surface area contributed by atoms with Crippen LogP contribution in [0.25, 0.3) is 0 Å². The van der Waals surface area contributed by atoms with Gasteiger partial charge >= 0.3 is 0 Å². The van der Waals surface area contributed by atoms with Gasteiger partial charge in [-0.15, -0.1) is 0 Å². The molecule has 1 atom stereocenters. The summed E-state index contributed by atoms with van der Waals surface area (Å²) in [6.07, 6.45) is 2.58. The van der Waals surface area contributed by atoms with E-state index in [0.29, 0.717) is 17.3 Å². The molecular formula is C16H23ClN2O2. The first-order valence-electron chi connectivity index (χ1n) is 7.60. The maximum absolute atomic E-state index is 12.1. The van der Waals surface area contributed by atoms with Gasteiger partial charge in [0.1, 0.15) is 11.9 Å². The maximum Gasteiger partial charge on any atom is 0.223 e. The molecule has 2 N–H and O–H groups in total. The van der Waals surface area contributed by atoms with E-state index in [0.717, 1.165) is 32.4 Å². The first kappa shape index (κ1) is 16.1. The van der Waals surface area contributed by atoms with E-state index in [9.17, 15) is 4.79 Å². The molecular weight excluding hydrogens is 288 g/mol. The summed E-state index contributed by atoms with van der Waals surface area (Å²) >= 11 is 6.09. The summed E-state index contributed by atoms with van der Waals surface area (Å²) in [5, 5.41) is 6.87. The van der Waals surface area contributed by atoms with Gasteiger partial charge in [-0.1, -0.05) is 30.7 Å². The smallest absolute Gasteiger partial charge is 0.223 e. The topological polar surface area (TPSA) is 50.4 Å². The van der Waals surface area contributed by atoms with Crippen molar-refractivity contribution >= 4 is 17.5 Å². The molecule has 1 unspecified atom stereocenters. The van der Waals surface area contributed by atoms with Crippen LogP contribution in [0, 0.1) is 5.92 Å². The fraction of sp³-hybridized carbons (Fsp3) is 0.562. The lowest BCUT2D eigenvalue weighted by Crippen LogP contribution is -2.41. The number of ether oxygens (including phenoxy) is 1. The number of nitrogens with one attached hydrogen (secondary N) is 2. The van der Waals surface area contributed by atoms with Crippen molar-refractivity contribution in [2.45, 2.75) is 32.3 Å². The summed E-state index contributed by atoms with van der Waals surface area (Å²) in [5.74, 6) is 0.934. The molecule has 0 aliphatic carbocycles. The number of amides is 1. The van der Waals surface area contributed by atoms with Crippen LogP contribution in [0.4, 0.5) is 0 Å². The van der Waals surface area contributed by atoms with Crippen LogP contribution in [0.5, 0.6) is 5.75 Å². The van der Waals surface area contributed by atoms with Crippen molar-refractivity contribution in [3.8, 4) is 5.75 Å². The summed E-state index contributed by atoms with van der Waals surface area (Å²) in [6.45, 7) is 4.40. The van der Waals surface area contributed by atoms with Crippen molar-refractivity contribution in [3.05, 3.63) is 29.3 Å². The highest BCUT2D eigenvalue weighted by Gasteiger charge is 2.21. The normalized spacial score (nSPS) is 17.2. The van der Waals surface area contributed by atoms with Crippen molar-refractivity contribution in [1.82, 2.24) is 10.6 Å². The molecule has 1 heterocycles. The van der Waals surface area contributed by atoms with E-state index in [2.05, 4.69) is 10.6 Å². The molecule has 4 nitrogen and oxygen atoms in total. The van der Waals surface area contributed by atoms with Gasteiger partial charge in [-0.05, 0) is 44.5 Å². The zero-order chi connectivity index (χ0) is 15.1. The van der Waals surface area contributed by atoms with Crippen LogP contribution in [0.1, 0.15) is 26.2 Å². The van der Waals surface area contributed by atoms with Crippen molar-refractivity contribution < 1.29 is 9.53 Å². The standard InChI is InChI=1S/C16H23ClN2O2/c1-2-13(21-15-6-4-3-5-14(15)17)11-19-16(20)12-7-9-18-10-8-12/h3-6,12-13,18H,2,7-11H2,1H3,(H,19,20). The van der Waals surface area contributed by atoms with Gasteiger partial charge in [0.2, 0.25) is 5.91 Å². The molecule has 1 aromatic carbocycles. The van der Waals surface area contributed by atoms with Crippen LogP contribution >= 0.6 is 11.6 Å². The maximum atomic E-state index is 12.1. The minimum atomic E-state index is -0.0597. The Morgan fingerprint density at radius 2 is 2.14 bits per heavy atom. The third-order valence-electron chi connectivity index (χ3n) is 3.80. The van der Waals surface area contributed by atoms with E-state index in [1.165, 1.54) is 0 Å². The molecule has 1 saturated heterocycles. The Labute approximate surface area is 131 Å². The van der Waals surface area contributed by atoms with Gasteiger partial charge in [-0.25, -0.2) is 0 Å². The van der Waals surface area contributed by atoms with Crippen LogP contribution in [-0.2, 0) is 4.79 Å². The lowest BCUT2D eigenvalue weighted by Gasteiger charge is -2.24. The first-order chi connectivity index (χ1) is 10.2. The van der Waals surface area contributed by atoms with Crippen molar-refractivity contribution in [2.24, 2.45) is 5.92 Å². The van der Waals surface area contributed by atoms with Gasteiger partial charge in [0, 0.05) is 5.92 Å². The summed E-state index contributed by atoms with van der Waals surface area (Å²) in [6, 6.07) is 7.41. The van der Waals surface area contributed by atoms with Gasteiger partial charge in [0.15, 0.2) is 0 Å². The number of piperidine rings is 1. The SMILES string of the molecule is CCC(CNC(=O)C1CCNCC1)Oc1ccccc1Cl. The highest BCUT2D eigenvalue weighted by atomic mass is 35.5. The molecule has 0 saturated carbocycles. The Morgan fingerprint density at radius 3 is 2.81 bits per heavy atom. The summed E-state index contributed by atoms with van der Waals surface area (Å²) in [5.41, 5.74) is 0. The minimum absolute atomic E-state index is 0.0597. The lowest BCUT2D eigenvalue weighted by molar-refractivity contribution is -0.126. The number of para-hydroxylation sites is 1. The van der Waals surface area contributed by atoms with Crippen LogP contribution in [0.2, 0.25) is 5.02 Å². The highest BCUT2D eigenvalue weighted by Crippen LogP contribution is 2.24. The monoisotopic (exact) mass is 310 g/mol. The first-order valence-corrected chi connectivity index (χ1v) is 7.98. The Kier molecular flexibility index (Phi) is 6.33. The third kappa shape index (κ3) is 4.90. The fourth-order valence-electron chi connectivity index (χ4n) is 2.43. The third-order valence-corrected chi connectivity index (χ3v) is 4.11. The van der Waals surface area contributed by atoms with Crippen molar-refractivity contribution in [2.75, 3.05) is 19.6 Å². The van der Waals surface area contributed by atoms with Gasteiger partial charge < -0.3 is 15.4 Å². The molecule has 1 aliphatic heterocycles. The number of benzene rings is 1. The number of carbonyl (C=O) groups excluding carboxylic acids is 1. The average molecular weight is 311 g/mol. The van der Waals surface area contributed by atoms with Gasteiger partial charge in [0.25, 0.3) is 0 Å². The zero-order valence-electron chi connectivity index (χ0n) is 12.4. The second-order valence-electron chi connectivity index (χ2n) is 5.35. The lowest BCUT2D eigenvalue weighted by atomic mass is 9.97. The number of rotatable bonds is 6. The van der Waals surface area contributed by atoms with Crippen molar-refractivity contribution in [3.63, 3.8) is 0 Å². The Hall–Kier alpha value is -1.26. The molecule has 1 aromatic rings. The number of hydrogen-bond acceptors (Lipinski definition) is 3. The number of carbonyl (C=O) groups is 1. The van der Waals surface area contributed by atoms with E-state index in [1.54, 1.807) is 6.07 Å². The second kappa shape index (κ2) is 8.25. The summed E-state index contributed by atoms with van der Waals surface area (Å²) in [4.78, 5) is 12.1. The summed E-state index contributed by atoms with van der Waals surface area (Å²) in [7, 11) is 0. The molecule has 21 heavy (non-hydrogen) atoms. The van der Waals surface area contributed by atoms with E-state index < -0.39 is 0 Å². The van der Waals surface area contributed by atoms with Crippen LogP contribution in [-0.4, -0.2) is 31.6 Å². The molecule has 0 aromatic heterocycles. The molecule has 5 heteroatoms. The van der Waals surface area contributed by atoms with Crippen molar-refractivity contribution in [1.29, 1.82) is 0 Å². The average Bonchev–Trinajstić information content (AvgIpc) is 2.53. The molecule has 1 fully saturated rings. The molecule has 1 amide bonds. The van der Waals surface area contributed by atoms with E-state index in [-0.39, 0.29) is 17.9 Å². The second-order valence-corrected chi connectivity index (χ2v) is 5.76. The molecule has 0 spiro atoms. The molecule has 0 bridgehead atoms. The Morgan fingerprint density at radius 1 is 1.43 bits per heavy atom. The predicted octanol–water partition coefficient (Wildman–Crippen LogP) is 2.61. The Bertz CT molecular complexity index is 461. The molecule has 2 rings (SSSR count). The van der Waals surface area contributed by atoms with Crippen LogP contribution in [0.3, 0.4) is 0 Å². The van der Waals surface area contributed by atoms with Gasteiger partial charge in [-0.3, -0.25) is 4.79 Å². The van der Waals surface area contributed by atoms with E-state index in [4.69, 9.17) is 16.3 Å². The number of hydrogen-bond donors (Lipinski definition) is 2. The predicted molar refractivity (Wildman–Crippen MR) is 84.8 cm³/mol.